The molecule has 0 unspecified atom stereocenters. The zero-order valence-electron chi connectivity index (χ0n) is 5.99. The summed E-state index contributed by atoms with van der Waals surface area (Å²) < 4.78 is 0. The summed E-state index contributed by atoms with van der Waals surface area (Å²) in [4.78, 5) is 0. The predicted molar refractivity (Wildman–Crippen MR) is 40.7 cm³/mol. The molecule has 7 heavy (non-hydrogen) atoms. The smallest absolute Gasteiger partial charge is 0.358 e. The average Bonchev–Trinajstić information content (AvgIpc) is 1.37. The molecule has 0 saturated carbocycles. The molecule has 0 aliphatic rings. The van der Waals surface area contributed by atoms with Crippen LogP contribution >= 0.6 is 0 Å². The molecule has 2 heteroatoms. The van der Waals surface area contributed by atoms with Gasteiger partial charge in [-0.15, -0.1) is 6.92 Å². The van der Waals surface area contributed by atoms with Crippen LogP contribution in [0.15, 0.2) is 0 Å². The van der Waals surface area contributed by atoms with Gasteiger partial charge in [-0.25, -0.2) is 6.32 Å². The van der Waals surface area contributed by atoms with Crippen LogP contribution in [0.3, 0.4) is 0 Å². The van der Waals surface area contributed by atoms with Gasteiger partial charge in [0.05, 0.1) is 0 Å². The molecular weight excluding hydrogens is 111 g/mol. The maximum atomic E-state index is 2.12. The molecule has 0 aromatic rings. The van der Waals surface area contributed by atoms with E-state index < -0.39 is 0 Å². The van der Waals surface area contributed by atoms with Gasteiger partial charge in [0.15, 0.2) is 0 Å². The van der Waals surface area contributed by atoms with E-state index in [2.05, 4.69) is 21.0 Å². The normalized spacial score (nSPS) is 4.29. The van der Waals surface area contributed by atoms with Gasteiger partial charge >= 0.3 is 37.7 Å². The fourth-order valence-electron chi connectivity index (χ4n) is 0. The van der Waals surface area contributed by atoms with Crippen molar-refractivity contribution in [1.82, 2.24) is 0 Å². The van der Waals surface area contributed by atoms with Crippen molar-refractivity contribution in [3.05, 3.63) is 14.9 Å². The van der Waals surface area contributed by atoms with E-state index >= 15 is 0 Å². The third-order valence-corrected chi connectivity index (χ3v) is 0.408. The van der Waals surface area contributed by atoms with Crippen LogP contribution in [0, 0.1) is 14.9 Å². The van der Waals surface area contributed by atoms with Crippen molar-refractivity contribution in [2.45, 2.75) is 20.1 Å². The van der Waals surface area contributed by atoms with Crippen LogP contribution in [0.1, 0.15) is 6.92 Å². The second-order valence-corrected chi connectivity index (χ2v) is 0.816. The van der Waals surface area contributed by atoms with Crippen LogP contribution in [0.5, 0.6) is 0 Å². The first-order valence-electron chi connectivity index (χ1n) is 1.69. The molecule has 0 aliphatic heterocycles. The van der Waals surface area contributed by atoms with E-state index in [4.69, 9.17) is 0 Å². The van der Waals surface area contributed by atoms with Gasteiger partial charge in [-0.05, 0) is 0 Å². The molecule has 0 saturated heterocycles. The van der Waals surface area contributed by atoms with Crippen molar-refractivity contribution in [1.29, 1.82) is 0 Å². The second-order valence-electron chi connectivity index (χ2n) is 0.816. The number of rotatable bonds is 1. The van der Waals surface area contributed by atoms with Crippen molar-refractivity contribution in [2.24, 2.45) is 0 Å². The van der Waals surface area contributed by atoms with Crippen LogP contribution in [0.2, 0.25) is 13.1 Å². The number of hydrogen-bond acceptors (Lipinski definition) is 0. The molecule has 0 amide bonds. The first-order valence-corrected chi connectivity index (χ1v) is 1.69. The van der Waals surface area contributed by atoms with Crippen LogP contribution in [-0.4, -0.2) is 45.0 Å². The maximum absolute atomic E-state index is 2.12. The van der Waals surface area contributed by atoms with Crippen molar-refractivity contribution in [3.8, 4) is 0 Å². The minimum atomic E-state index is 0. The summed E-state index contributed by atoms with van der Waals surface area (Å²) >= 11 is 0. The van der Waals surface area contributed by atoms with Gasteiger partial charge in [-0.1, -0.05) is 0 Å². The standard InChI is InChI=1S/C3H8B.2CH3.Ca/c1-3-4-2;;;/h3H2,1-2H3;2*1H3;/q3*-1;+2. The van der Waals surface area contributed by atoms with Gasteiger partial charge in [0.2, 0.25) is 0 Å². The van der Waals surface area contributed by atoms with E-state index in [1.165, 1.54) is 6.32 Å². The van der Waals surface area contributed by atoms with Gasteiger partial charge in [-0.3, -0.25) is 6.82 Å². The third-order valence-electron chi connectivity index (χ3n) is 0.408. The first kappa shape index (κ1) is 23.9. The Balaban J connectivity index is -0.0000000150. The molecule has 0 bridgehead atoms. The molecule has 0 aliphatic carbocycles. The van der Waals surface area contributed by atoms with Crippen molar-refractivity contribution in [3.63, 3.8) is 0 Å². The van der Waals surface area contributed by atoms with E-state index in [1.54, 1.807) is 0 Å². The van der Waals surface area contributed by atoms with Crippen molar-refractivity contribution < 1.29 is 0 Å². The van der Waals surface area contributed by atoms with Gasteiger partial charge in [0.1, 0.15) is 0 Å². The fourth-order valence-corrected chi connectivity index (χ4v) is 0. The molecule has 0 rings (SSSR count). The summed E-state index contributed by atoms with van der Waals surface area (Å²) in [5.41, 5.74) is 0. The Kier molecular flexibility index (Phi) is 90.4. The molecule has 0 heterocycles. The molecule has 2 radical (unpaired) electrons. The quantitative estimate of drug-likeness (QED) is 0.369. The van der Waals surface area contributed by atoms with Gasteiger partial charge in [0.25, 0.3) is 0 Å². The molecule has 0 aromatic heterocycles. The van der Waals surface area contributed by atoms with Crippen LogP contribution in [0.25, 0.3) is 0 Å². The van der Waals surface area contributed by atoms with Crippen molar-refractivity contribution >= 4 is 45.0 Å². The summed E-state index contributed by atoms with van der Waals surface area (Å²) in [7, 11) is 2.12. The molecule has 0 spiro atoms. The Morgan fingerprint density at radius 3 is 1.43 bits per heavy atom. The zero-order chi connectivity index (χ0) is 3.41. The minimum Gasteiger partial charge on any atom is -0.358 e. The SMILES string of the molecule is C[B-]CC.[CH3-].[CH3-].[Ca+2]. The second kappa shape index (κ2) is 26.5. The predicted octanol–water partition coefficient (Wildman–Crippen LogP) is 1.70. The summed E-state index contributed by atoms with van der Waals surface area (Å²) in [6.45, 7) is 4.18. The first-order chi connectivity index (χ1) is 1.91. The van der Waals surface area contributed by atoms with E-state index in [9.17, 15) is 0 Å². The summed E-state index contributed by atoms with van der Waals surface area (Å²) in [6.07, 6.45) is 1.19. The van der Waals surface area contributed by atoms with E-state index in [-0.39, 0.29) is 52.6 Å². The average molecular weight is 125 g/mol. The summed E-state index contributed by atoms with van der Waals surface area (Å²) in [6, 6.07) is 0. The van der Waals surface area contributed by atoms with E-state index in [1.807, 2.05) is 0 Å². The van der Waals surface area contributed by atoms with Crippen LogP contribution in [-0.2, 0) is 0 Å². The summed E-state index contributed by atoms with van der Waals surface area (Å²) in [5, 5.41) is 0. The van der Waals surface area contributed by atoms with Crippen LogP contribution in [0.4, 0.5) is 0 Å². The Bertz CT molecular complexity index is 10.0. The Morgan fingerprint density at radius 1 is 1.29 bits per heavy atom. The minimum absolute atomic E-state index is 0. The molecule has 0 N–H and O–H groups in total. The monoisotopic (exact) mass is 125 g/mol. The third kappa shape index (κ3) is 38.4. The largest absolute Gasteiger partial charge is 2.00 e. The summed E-state index contributed by atoms with van der Waals surface area (Å²) in [5.74, 6) is 0. The maximum Gasteiger partial charge on any atom is 2.00 e. The van der Waals surface area contributed by atoms with Crippen molar-refractivity contribution in [2.75, 3.05) is 0 Å². The number of hydrogen-bond donors (Lipinski definition) is 0. The molecule has 0 aromatic carbocycles. The molecular formula is C5H14BCa-. The molecule has 0 atom stereocenters. The molecule has 0 fully saturated rings. The zero-order valence-corrected chi connectivity index (χ0v) is 8.20. The van der Waals surface area contributed by atoms with Gasteiger partial charge in [-0.2, -0.15) is 0 Å². The van der Waals surface area contributed by atoms with E-state index in [0.717, 1.165) is 0 Å². The Hall–Kier alpha value is 1.32. The van der Waals surface area contributed by atoms with Gasteiger partial charge in [0, 0.05) is 0 Å². The topological polar surface area (TPSA) is 0 Å². The van der Waals surface area contributed by atoms with E-state index in [0.29, 0.717) is 0 Å². The Labute approximate surface area is 79.3 Å². The van der Waals surface area contributed by atoms with Gasteiger partial charge < -0.3 is 22.1 Å². The fraction of sp³-hybridized carbons (Fsp3) is 0.600. The van der Waals surface area contributed by atoms with Crippen LogP contribution < -0.4 is 0 Å². The molecule has 0 nitrogen and oxygen atoms in total. The molecule has 40 valence electrons. The Morgan fingerprint density at radius 2 is 1.43 bits per heavy atom.